The number of rotatable bonds is 5. The molecule has 0 radical (unpaired) electrons. The summed E-state index contributed by atoms with van der Waals surface area (Å²) in [6.07, 6.45) is 1.43. The summed E-state index contributed by atoms with van der Waals surface area (Å²) in [5, 5.41) is 6.83. The minimum absolute atomic E-state index is 0.131. The lowest BCUT2D eigenvalue weighted by molar-refractivity contribution is -0.120. The van der Waals surface area contributed by atoms with E-state index in [9.17, 15) is 9.59 Å². The molecule has 0 aromatic heterocycles. The van der Waals surface area contributed by atoms with Gasteiger partial charge >= 0.3 is 0 Å². The number of hydrogen-bond acceptors (Lipinski definition) is 5. The third-order valence-corrected chi connectivity index (χ3v) is 3.69. The Morgan fingerprint density at radius 2 is 1.96 bits per heavy atom. The average Bonchev–Trinajstić information content (AvgIpc) is 3.09. The number of benzene rings is 2. The Labute approximate surface area is 148 Å². The highest BCUT2D eigenvalue weighted by molar-refractivity contribution is 6.33. The molecule has 1 heterocycles. The summed E-state index contributed by atoms with van der Waals surface area (Å²) in [6.45, 7) is -0.0839. The Bertz CT molecular complexity index is 838. The molecule has 0 saturated heterocycles. The maximum absolute atomic E-state index is 12.0. The van der Waals surface area contributed by atoms with Crippen molar-refractivity contribution < 1.29 is 19.1 Å². The minimum atomic E-state index is -0.461. The van der Waals surface area contributed by atoms with Gasteiger partial charge in [0.05, 0.1) is 12.8 Å². The van der Waals surface area contributed by atoms with Gasteiger partial charge in [0.1, 0.15) is 0 Å². The third kappa shape index (κ3) is 4.27. The molecule has 3 rings (SSSR count). The summed E-state index contributed by atoms with van der Waals surface area (Å²) >= 11 is 5.97. The summed E-state index contributed by atoms with van der Waals surface area (Å²) in [7, 11) is 0. The van der Waals surface area contributed by atoms with Crippen molar-refractivity contribution in [3.8, 4) is 11.5 Å². The van der Waals surface area contributed by atoms with Crippen molar-refractivity contribution in [2.75, 3.05) is 13.3 Å². The zero-order valence-electron chi connectivity index (χ0n) is 13.0. The van der Waals surface area contributed by atoms with E-state index in [1.807, 2.05) is 0 Å². The van der Waals surface area contributed by atoms with E-state index in [2.05, 4.69) is 15.8 Å². The molecule has 2 aromatic carbocycles. The predicted octanol–water partition coefficient (Wildman–Crippen LogP) is 1.95. The third-order valence-electron chi connectivity index (χ3n) is 3.34. The van der Waals surface area contributed by atoms with Crippen LogP contribution in [0.15, 0.2) is 47.6 Å². The molecular weight excluding hydrogens is 346 g/mol. The van der Waals surface area contributed by atoms with Gasteiger partial charge in [0, 0.05) is 16.1 Å². The van der Waals surface area contributed by atoms with Crippen molar-refractivity contribution in [2.24, 2.45) is 5.10 Å². The Morgan fingerprint density at radius 3 is 2.80 bits per heavy atom. The molecule has 0 spiro atoms. The lowest BCUT2D eigenvalue weighted by Gasteiger charge is -2.05. The van der Waals surface area contributed by atoms with E-state index in [1.165, 1.54) is 6.21 Å². The fourth-order valence-electron chi connectivity index (χ4n) is 2.09. The maximum Gasteiger partial charge on any atom is 0.259 e. The van der Waals surface area contributed by atoms with Gasteiger partial charge in [-0.25, -0.2) is 5.43 Å². The van der Waals surface area contributed by atoms with Gasteiger partial charge in [-0.15, -0.1) is 0 Å². The molecule has 2 amide bonds. The molecule has 2 N–H and O–H groups in total. The van der Waals surface area contributed by atoms with Crippen LogP contribution < -0.4 is 20.2 Å². The first-order valence-electron chi connectivity index (χ1n) is 7.38. The van der Waals surface area contributed by atoms with Crippen LogP contribution >= 0.6 is 11.6 Å². The van der Waals surface area contributed by atoms with Crippen molar-refractivity contribution in [1.29, 1.82) is 0 Å². The number of carbonyl (C=O) groups is 2. The second kappa shape index (κ2) is 7.67. The number of hydrogen-bond donors (Lipinski definition) is 2. The maximum atomic E-state index is 12.0. The number of halogens is 1. The smallest absolute Gasteiger partial charge is 0.259 e. The van der Waals surface area contributed by atoms with Gasteiger partial charge < -0.3 is 14.8 Å². The van der Waals surface area contributed by atoms with E-state index in [4.69, 9.17) is 21.1 Å². The van der Waals surface area contributed by atoms with Gasteiger partial charge in [-0.2, -0.15) is 5.10 Å². The summed E-state index contributed by atoms with van der Waals surface area (Å²) in [6, 6.07) is 11.9. The normalized spacial score (nSPS) is 12.2. The summed E-state index contributed by atoms with van der Waals surface area (Å²) in [5.41, 5.74) is 3.37. The molecule has 128 valence electrons. The van der Waals surface area contributed by atoms with E-state index in [0.29, 0.717) is 27.6 Å². The van der Waals surface area contributed by atoms with Gasteiger partial charge in [0.25, 0.3) is 11.8 Å². The van der Waals surface area contributed by atoms with Crippen LogP contribution in [0, 0.1) is 0 Å². The molecule has 0 bridgehead atoms. The fourth-order valence-corrected chi connectivity index (χ4v) is 2.28. The number of carbonyl (C=O) groups excluding carboxylic acids is 2. The topological polar surface area (TPSA) is 89.0 Å². The molecule has 8 heteroatoms. The SMILES string of the molecule is O=C(CNC(=O)c1ccc2c(c1)OCO2)NN=Cc1ccccc1Cl. The van der Waals surface area contributed by atoms with Crippen molar-refractivity contribution in [3.63, 3.8) is 0 Å². The Kier molecular flexibility index (Phi) is 5.15. The molecule has 1 aliphatic heterocycles. The molecule has 2 aromatic rings. The zero-order valence-corrected chi connectivity index (χ0v) is 13.7. The van der Waals surface area contributed by atoms with E-state index in [0.717, 1.165) is 0 Å². The van der Waals surface area contributed by atoms with Gasteiger partial charge in [-0.1, -0.05) is 29.8 Å². The quantitative estimate of drug-likeness (QED) is 0.630. The predicted molar refractivity (Wildman–Crippen MR) is 92.1 cm³/mol. The number of fused-ring (bicyclic) bond motifs is 1. The summed E-state index contributed by atoms with van der Waals surface area (Å²) < 4.78 is 10.4. The second-order valence-electron chi connectivity index (χ2n) is 5.07. The lowest BCUT2D eigenvalue weighted by Crippen LogP contribution is -2.34. The van der Waals surface area contributed by atoms with Crippen LogP contribution in [0.25, 0.3) is 0 Å². The highest BCUT2D eigenvalue weighted by atomic mass is 35.5. The number of nitrogens with one attached hydrogen (secondary N) is 2. The molecule has 0 unspecified atom stereocenters. The van der Waals surface area contributed by atoms with Crippen molar-refractivity contribution in [1.82, 2.24) is 10.7 Å². The van der Waals surface area contributed by atoms with Crippen LogP contribution in [0.5, 0.6) is 11.5 Å². The molecule has 25 heavy (non-hydrogen) atoms. The average molecular weight is 360 g/mol. The van der Waals surface area contributed by atoms with E-state index >= 15 is 0 Å². The van der Waals surface area contributed by atoms with Crippen LogP contribution in [-0.2, 0) is 4.79 Å². The fraction of sp³-hybridized carbons (Fsp3) is 0.118. The number of amides is 2. The van der Waals surface area contributed by atoms with E-state index < -0.39 is 11.8 Å². The highest BCUT2D eigenvalue weighted by Gasteiger charge is 2.16. The molecule has 0 fully saturated rings. The van der Waals surface area contributed by atoms with Gasteiger partial charge in [0.15, 0.2) is 11.5 Å². The first-order chi connectivity index (χ1) is 12.1. The van der Waals surface area contributed by atoms with Crippen LogP contribution in [0.4, 0.5) is 0 Å². The lowest BCUT2D eigenvalue weighted by atomic mass is 10.2. The highest BCUT2D eigenvalue weighted by Crippen LogP contribution is 2.32. The van der Waals surface area contributed by atoms with Gasteiger partial charge in [-0.05, 0) is 24.3 Å². The molecule has 1 aliphatic rings. The zero-order chi connectivity index (χ0) is 17.6. The van der Waals surface area contributed by atoms with Crippen LogP contribution in [0.2, 0.25) is 5.02 Å². The van der Waals surface area contributed by atoms with Crippen LogP contribution in [-0.4, -0.2) is 31.4 Å². The first-order valence-corrected chi connectivity index (χ1v) is 7.75. The van der Waals surface area contributed by atoms with Gasteiger partial charge in [-0.3, -0.25) is 9.59 Å². The van der Waals surface area contributed by atoms with Gasteiger partial charge in [0.2, 0.25) is 6.79 Å². The second-order valence-corrected chi connectivity index (χ2v) is 5.47. The monoisotopic (exact) mass is 359 g/mol. The molecular formula is C17H14ClN3O4. The van der Waals surface area contributed by atoms with E-state index in [-0.39, 0.29) is 13.3 Å². The molecule has 0 atom stereocenters. The Balaban J connectivity index is 1.49. The van der Waals surface area contributed by atoms with Crippen molar-refractivity contribution in [2.45, 2.75) is 0 Å². The molecule has 0 aliphatic carbocycles. The van der Waals surface area contributed by atoms with Crippen molar-refractivity contribution in [3.05, 3.63) is 58.6 Å². The van der Waals surface area contributed by atoms with Crippen LogP contribution in [0.1, 0.15) is 15.9 Å². The largest absolute Gasteiger partial charge is 0.454 e. The minimum Gasteiger partial charge on any atom is -0.454 e. The summed E-state index contributed by atoms with van der Waals surface area (Å²) in [4.78, 5) is 23.8. The number of ether oxygens (including phenoxy) is 2. The summed E-state index contributed by atoms with van der Waals surface area (Å²) in [5.74, 6) is 0.227. The van der Waals surface area contributed by atoms with Crippen LogP contribution in [0.3, 0.4) is 0 Å². The number of hydrazone groups is 1. The Morgan fingerprint density at radius 1 is 1.16 bits per heavy atom. The van der Waals surface area contributed by atoms with Crippen molar-refractivity contribution >= 4 is 29.6 Å². The molecule has 0 saturated carbocycles. The standard InChI is InChI=1S/C17H14ClN3O4/c18-13-4-2-1-3-12(13)8-20-21-16(22)9-19-17(23)11-5-6-14-15(7-11)25-10-24-14/h1-8H,9-10H2,(H,19,23)(H,21,22). The van der Waals surface area contributed by atoms with E-state index in [1.54, 1.807) is 42.5 Å². The Hall–Kier alpha value is -3.06. The molecule has 7 nitrogen and oxygen atoms in total. The number of nitrogens with zero attached hydrogens (tertiary/aromatic N) is 1. The first kappa shape index (κ1) is 16.8.